The third-order valence-corrected chi connectivity index (χ3v) is 6.07. The number of nitrogens with zero attached hydrogens (tertiary/aromatic N) is 1. The highest BCUT2D eigenvalue weighted by Crippen LogP contribution is 2.31. The Labute approximate surface area is 194 Å². The number of fused-ring (bicyclic) bond motifs is 1. The largest absolute Gasteiger partial charge is 0.486 e. The molecule has 172 valence electrons. The minimum atomic E-state index is -0.618. The Balaban J connectivity index is 1.73. The SMILES string of the molecule is CC[C@H](C)NC(=O)[C@@H](C)N(Cc1ccccc1Cl)C(=O)CCc1ccc2c(c1)OCCO2. The molecular weight excluding hydrogens is 428 g/mol. The van der Waals surface area contributed by atoms with Gasteiger partial charge in [-0.3, -0.25) is 9.59 Å². The standard InChI is InChI=1S/C25H31ClN2O4/c1-4-17(2)27-25(30)18(3)28(16-20-7-5-6-8-21(20)26)24(29)12-10-19-9-11-22-23(15-19)32-14-13-31-22/h5-9,11,15,17-18H,4,10,12-14,16H2,1-3H3,(H,27,30)/t17-,18+/m0/s1. The summed E-state index contributed by atoms with van der Waals surface area (Å²) in [6, 6.07) is 12.5. The van der Waals surface area contributed by atoms with E-state index < -0.39 is 6.04 Å². The second-order valence-electron chi connectivity index (χ2n) is 8.08. The molecule has 0 unspecified atom stereocenters. The van der Waals surface area contributed by atoms with Crippen LogP contribution in [0.4, 0.5) is 0 Å². The molecule has 0 saturated heterocycles. The van der Waals surface area contributed by atoms with Crippen molar-refractivity contribution in [1.29, 1.82) is 0 Å². The molecule has 7 heteroatoms. The first-order valence-corrected chi connectivity index (χ1v) is 11.5. The van der Waals surface area contributed by atoms with Crippen LogP contribution in [-0.2, 0) is 22.6 Å². The van der Waals surface area contributed by atoms with Gasteiger partial charge in [0.05, 0.1) is 0 Å². The second kappa shape index (κ2) is 11.2. The highest BCUT2D eigenvalue weighted by atomic mass is 35.5. The van der Waals surface area contributed by atoms with E-state index in [9.17, 15) is 9.59 Å². The molecule has 2 aromatic rings. The van der Waals surface area contributed by atoms with Crippen molar-refractivity contribution in [2.75, 3.05) is 13.2 Å². The van der Waals surface area contributed by atoms with E-state index in [0.29, 0.717) is 30.4 Å². The van der Waals surface area contributed by atoms with E-state index in [1.165, 1.54) is 0 Å². The summed E-state index contributed by atoms with van der Waals surface area (Å²) in [5.74, 6) is 1.16. The Hall–Kier alpha value is -2.73. The van der Waals surface area contributed by atoms with Crippen molar-refractivity contribution in [3.05, 3.63) is 58.6 Å². The molecular formula is C25H31ClN2O4. The fourth-order valence-corrected chi connectivity index (χ4v) is 3.69. The third kappa shape index (κ3) is 6.16. The van der Waals surface area contributed by atoms with Gasteiger partial charge in [0.2, 0.25) is 11.8 Å². The molecule has 0 aliphatic carbocycles. The number of carbonyl (C=O) groups is 2. The number of hydrogen-bond acceptors (Lipinski definition) is 4. The van der Waals surface area contributed by atoms with Crippen LogP contribution < -0.4 is 14.8 Å². The number of benzene rings is 2. The Morgan fingerprint density at radius 2 is 1.81 bits per heavy atom. The van der Waals surface area contributed by atoms with Crippen LogP contribution >= 0.6 is 11.6 Å². The molecule has 0 saturated carbocycles. The lowest BCUT2D eigenvalue weighted by Crippen LogP contribution is -2.49. The summed E-state index contributed by atoms with van der Waals surface area (Å²) in [7, 11) is 0. The van der Waals surface area contributed by atoms with E-state index in [1.807, 2.05) is 50.2 Å². The Morgan fingerprint density at radius 1 is 1.09 bits per heavy atom. The normalized spacial score (nSPS) is 14.4. The summed E-state index contributed by atoms with van der Waals surface area (Å²) in [5, 5.41) is 3.55. The average Bonchev–Trinajstić information content (AvgIpc) is 2.81. The lowest BCUT2D eigenvalue weighted by atomic mass is 10.1. The minimum absolute atomic E-state index is 0.0416. The van der Waals surface area contributed by atoms with E-state index in [2.05, 4.69) is 5.32 Å². The van der Waals surface area contributed by atoms with Crippen molar-refractivity contribution in [3.63, 3.8) is 0 Å². The average molecular weight is 459 g/mol. The highest BCUT2D eigenvalue weighted by molar-refractivity contribution is 6.31. The Morgan fingerprint density at radius 3 is 2.53 bits per heavy atom. The zero-order chi connectivity index (χ0) is 23.1. The van der Waals surface area contributed by atoms with Crippen LogP contribution in [0.5, 0.6) is 11.5 Å². The zero-order valence-electron chi connectivity index (χ0n) is 18.9. The molecule has 2 atom stereocenters. The van der Waals surface area contributed by atoms with Gasteiger partial charge in [-0.25, -0.2) is 0 Å². The number of ether oxygens (including phenoxy) is 2. The molecule has 2 aromatic carbocycles. The predicted octanol–water partition coefficient (Wildman–Crippen LogP) is 4.38. The van der Waals surface area contributed by atoms with Crippen LogP contribution in [0.2, 0.25) is 5.02 Å². The quantitative estimate of drug-likeness (QED) is 0.605. The maximum atomic E-state index is 13.3. The van der Waals surface area contributed by atoms with Gasteiger partial charge in [0.1, 0.15) is 19.3 Å². The van der Waals surface area contributed by atoms with Crippen LogP contribution in [0.3, 0.4) is 0 Å². The smallest absolute Gasteiger partial charge is 0.242 e. The first-order valence-electron chi connectivity index (χ1n) is 11.1. The topological polar surface area (TPSA) is 67.9 Å². The summed E-state index contributed by atoms with van der Waals surface area (Å²) >= 11 is 6.34. The first-order chi connectivity index (χ1) is 15.4. The molecule has 1 aliphatic heterocycles. The maximum absolute atomic E-state index is 13.3. The number of rotatable bonds is 9. The van der Waals surface area contributed by atoms with Crippen molar-refractivity contribution < 1.29 is 19.1 Å². The maximum Gasteiger partial charge on any atom is 0.242 e. The van der Waals surface area contributed by atoms with E-state index in [-0.39, 0.29) is 30.8 Å². The molecule has 32 heavy (non-hydrogen) atoms. The van der Waals surface area contributed by atoms with Crippen LogP contribution in [0.1, 0.15) is 44.7 Å². The lowest BCUT2D eigenvalue weighted by molar-refractivity contribution is -0.140. The summed E-state index contributed by atoms with van der Waals surface area (Å²) in [6.07, 6.45) is 1.63. The van der Waals surface area contributed by atoms with Crippen molar-refractivity contribution in [1.82, 2.24) is 10.2 Å². The van der Waals surface area contributed by atoms with Gasteiger partial charge in [0.25, 0.3) is 0 Å². The molecule has 1 N–H and O–H groups in total. The fraction of sp³-hybridized carbons (Fsp3) is 0.440. The van der Waals surface area contributed by atoms with Gasteiger partial charge in [-0.2, -0.15) is 0 Å². The van der Waals surface area contributed by atoms with Crippen molar-refractivity contribution in [2.24, 2.45) is 0 Å². The fourth-order valence-electron chi connectivity index (χ4n) is 3.50. The lowest BCUT2D eigenvalue weighted by Gasteiger charge is -2.30. The van der Waals surface area contributed by atoms with Crippen LogP contribution in [-0.4, -0.2) is 42.0 Å². The Kier molecular flexibility index (Phi) is 8.39. The molecule has 2 amide bonds. The van der Waals surface area contributed by atoms with Gasteiger partial charge in [-0.15, -0.1) is 0 Å². The van der Waals surface area contributed by atoms with Crippen molar-refractivity contribution >= 4 is 23.4 Å². The number of aryl methyl sites for hydroxylation is 1. The molecule has 0 aromatic heterocycles. The van der Waals surface area contributed by atoms with Gasteiger partial charge in [-0.1, -0.05) is 42.8 Å². The molecule has 0 fully saturated rings. The minimum Gasteiger partial charge on any atom is -0.486 e. The number of amides is 2. The van der Waals surface area contributed by atoms with E-state index >= 15 is 0 Å². The molecule has 3 rings (SSSR count). The van der Waals surface area contributed by atoms with Crippen LogP contribution in [0.15, 0.2) is 42.5 Å². The van der Waals surface area contributed by atoms with Gasteiger partial charge in [0.15, 0.2) is 11.5 Å². The predicted molar refractivity (Wildman–Crippen MR) is 125 cm³/mol. The van der Waals surface area contributed by atoms with Crippen LogP contribution in [0.25, 0.3) is 0 Å². The van der Waals surface area contributed by atoms with Gasteiger partial charge < -0.3 is 19.7 Å². The van der Waals surface area contributed by atoms with Gasteiger partial charge in [-0.05, 0) is 56.0 Å². The van der Waals surface area contributed by atoms with E-state index in [1.54, 1.807) is 17.9 Å². The van der Waals surface area contributed by atoms with E-state index in [4.69, 9.17) is 21.1 Å². The summed E-state index contributed by atoms with van der Waals surface area (Å²) in [6.45, 7) is 7.05. The molecule has 1 aliphatic rings. The molecule has 0 bridgehead atoms. The first kappa shape index (κ1) is 23.9. The number of halogens is 1. The number of carbonyl (C=O) groups excluding carboxylic acids is 2. The molecule has 0 radical (unpaired) electrons. The third-order valence-electron chi connectivity index (χ3n) is 5.70. The summed E-state index contributed by atoms with van der Waals surface area (Å²) in [5.41, 5.74) is 1.79. The monoisotopic (exact) mass is 458 g/mol. The summed E-state index contributed by atoms with van der Waals surface area (Å²) < 4.78 is 11.2. The highest BCUT2D eigenvalue weighted by Gasteiger charge is 2.27. The van der Waals surface area contributed by atoms with Crippen LogP contribution in [0, 0.1) is 0 Å². The number of hydrogen-bond donors (Lipinski definition) is 1. The molecule has 1 heterocycles. The van der Waals surface area contributed by atoms with Crippen molar-refractivity contribution in [2.45, 2.75) is 58.7 Å². The Bertz CT molecular complexity index is 949. The van der Waals surface area contributed by atoms with E-state index in [0.717, 1.165) is 23.3 Å². The second-order valence-corrected chi connectivity index (χ2v) is 8.49. The van der Waals surface area contributed by atoms with Gasteiger partial charge >= 0.3 is 0 Å². The molecule has 0 spiro atoms. The molecule has 6 nitrogen and oxygen atoms in total. The zero-order valence-corrected chi connectivity index (χ0v) is 19.7. The van der Waals surface area contributed by atoms with Crippen molar-refractivity contribution in [3.8, 4) is 11.5 Å². The summed E-state index contributed by atoms with van der Waals surface area (Å²) in [4.78, 5) is 27.7. The number of nitrogens with one attached hydrogen (secondary N) is 1. The van der Waals surface area contributed by atoms with Gasteiger partial charge in [0, 0.05) is 24.0 Å².